The summed E-state index contributed by atoms with van der Waals surface area (Å²) >= 11 is 1.78. The Morgan fingerprint density at radius 2 is 2.24 bits per heavy atom. The summed E-state index contributed by atoms with van der Waals surface area (Å²) < 4.78 is 5.26. The smallest absolute Gasteiger partial charge is 0.229 e. The fraction of sp³-hybridized carbons (Fsp3) is 0.250. The zero-order valence-electron chi connectivity index (χ0n) is 11.4. The van der Waals surface area contributed by atoms with Gasteiger partial charge < -0.3 is 9.42 Å². The van der Waals surface area contributed by atoms with Gasteiger partial charge in [-0.2, -0.15) is 0 Å². The van der Waals surface area contributed by atoms with Crippen molar-refractivity contribution in [2.75, 3.05) is 6.54 Å². The highest BCUT2D eigenvalue weighted by molar-refractivity contribution is 7.10. The lowest BCUT2D eigenvalue weighted by Crippen LogP contribution is -2.36. The molecule has 1 aliphatic heterocycles. The minimum atomic E-state index is 0.117. The Labute approximate surface area is 126 Å². The van der Waals surface area contributed by atoms with Crippen LogP contribution in [0.4, 0.5) is 0 Å². The lowest BCUT2D eigenvalue weighted by atomic mass is 10.1. The van der Waals surface area contributed by atoms with Crippen LogP contribution in [0.1, 0.15) is 16.1 Å². The Morgan fingerprint density at radius 1 is 1.33 bits per heavy atom. The number of nitrogens with zero attached hydrogens (tertiary/aromatic N) is 2. The molecule has 2 aromatic heterocycles. The molecule has 0 saturated carbocycles. The molecule has 0 N–H and O–H groups in total. The Balaban J connectivity index is 1.54. The van der Waals surface area contributed by atoms with Gasteiger partial charge in [-0.3, -0.25) is 4.79 Å². The van der Waals surface area contributed by atoms with E-state index in [4.69, 9.17) is 4.52 Å². The molecule has 106 valence electrons. The SMILES string of the molecule is O=C(Cc1noc2ccccc12)N1CCc2sccc2C1. The van der Waals surface area contributed by atoms with Crippen LogP contribution in [-0.2, 0) is 24.2 Å². The second-order valence-corrected chi connectivity index (χ2v) is 6.24. The topological polar surface area (TPSA) is 46.3 Å². The molecule has 0 aliphatic carbocycles. The molecule has 0 spiro atoms. The maximum atomic E-state index is 12.5. The predicted molar refractivity (Wildman–Crippen MR) is 81.2 cm³/mol. The first-order valence-corrected chi connectivity index (χ1v) is 7.85. The van der Waals surface area contributed by atoms with Gasteiger partial charge in [0.25, 0.3) is 0 Å². The molecule has 5 heteroatoms. The summed E-state index contributed by atoms with van der Waals surface area (Å²) in [6, 6.07) is 9.77. The van der Waals surface area contributed by atoms with Gasteiger partial charge in [-0.1, -0.05) is 17.3 Å². The molecule has 0 atom stereocenters. The average molecular weight is 298 g/mol. The number of benzene rings is 1. The number of aromatic nitrogens is 1. The van der Waals surface area contributed by atoms with E-state index in [1.807, 2.05) is 29.2 Å². The monoisotopic (exact) mass is 298 g/mol. The number of thiophene rings is 1. The Morgan fingerprint density at radius 3 is 3.19 bits per heavy atom. The number of para-hydroxylation sites is 1. The third-order valence-corrected chi connectivity index (χ3v) is 4.95. The predicted octanol–water partition coefficient (Wildman–Crippen LogP) is 3.02. The van der Waals surface area contributed by atoms with Gasteiger partial charge in [0.1, 0.15) is 5.69 Å². The molecule has 0 bridgehead atoms. The second-order valence-electron chi connectivity index (χ2n) is 5.24. The highest BCUT2D eigenvalue weighted by Gasteiger charge is 2.23. The minimum Gasteiger partial charge on any atom is -0.356 e. The van der Waals surface area contributed by atoms with Gasteiger partial charge in [0.2, 0.25) is 5.91 Å². The van der Waals surface area contributed by atoms with Gasteiger partial charge in [0.05, 0.1) is 6.42 Å². The van der Waals surface area contributed by atoms with Crippen molar-refractivity contribution in [3.8, 4) is 0 Å². The van der Waals surface area contributed by atoms with E-state index in [9.17, 15) is 4.79 Å². The highest BCUT2D eigenvalue weighted by atomic mass is 32.1. The Hall–Kier alpha value is -2.14. The van der Waals surface area contributed by atoms with Crippen LogP contribution in [-0.4, -0.2) is 22.5 Å². The van der Waals surface area contributed by atoms with Crippen molar-refractivity contribution in [1.82, 2.24) is 10.1 Å². The van der Waals surface area contributed by atoms with E-state index >= 15 is 0 Å². The highest BCUT2D eigenvalue weighted by Crippen LogP contribution is 2.25. The maximum absolute atomic E-state index is 12.5. The van der Waals surface area contributed by atoms with Gasteiger partial charge >= 0.3 is 0 Å². The third kappa shape index (κ3) is 2.23. The van der Waals surface area contributed by atoms with Gasteiger partial charge in [-0.25, -0.2) is 0 Å². The van der Waals surface area contributed by atoms with Crippen molar-refractivity contribution < 1.29 is 9.32 Å². The number of hydrogen-bond donors (Lipinski definition) is 0. The van der Waals surface area contributed by atoms with Crippen molar-refractivity contribution in [3.63, 3.8) is 0 Å². The van der Waals surface area contributed by atoms with E-state index in [1.54, 1.807) is 11.3 Å². The first-order chi connectivity index (χ1) is 10.3. The van der Waals surface area contributed by atoms with Crippen molar-refractivity contribution in [1.29, 1.82) is 0 Å². The summed E-state index contributed by atoms with van der Waals surface area (Å²) in [5.41, 5.74) is 2.75. The average Bonchev–Trinajstić information content (AvgIpc) is 3.13. The van der Waals surface area contributed by atoms with Crippen LogP contribution in [0, 0.1) is 0 Å². The summed E-state index contributed by atoms with van der Waals surface area (Å²) in [6.07, 6.45) is 1.26. The standard InChI is InChI=1S/C16H14N2O2S/c19-16(18-7-5-15-11(10-18)6-8-21-15)9-13-12-3-1-2-4-14(12)20-17-13/h1-4,6,8H,5,7,9-10H2. The zero-order chi connectivity index (χ0) is 14.2. The molecular formula is C16H14N2O2S. The summed E-state index contributed by atoms with van der Waals surface area (Å²) in [6.45, 7) is 1.51. The van der Waals surface area contributed by atoms with Gasteiger partial charge in [0, 0.05) is 23.4 Å². The van der Waals surface area contributed by atoms with E-state index in [0.717, 1.165) is 29.6 Å². The van der Waals surface area contributed by atoms with Gasteiger partial charge in [-0.05, 0) is 35.6 Å². The van der Waals surface area contributed by atoms with Crippen LogP contribution >= 0.6 is 11.3 Å². The molecule has 1 amide bonds. The molecule has 1 aliphatic rings. The fourth-order valence-corrected chi connectivity index (χ4v) is 3.67. The number of hydrogen-bond acceptors (Lipinski definition) is 4. The minimum absolute atomic E-state index is 0.117. The molecule has 3 heterocycles. The quantitative estimate of drug-likeness (QED) is 0.730. The van der Waals surface area contributed by atoms with Gasteiger partial charge in [-0.15, -0.1) is 11.3 Å². The number of rotatable bonds is 2. The molecule has 0 unspecified atom stereocenters. The van der Waals surface area contributed by atoms with Crippen molar-refractivity contribution in [2.45, 2.75) is 19.4 Å². The van der Waals surface area contributed by atoms with Crippen LogP contribution in [0.15, 0.2) is 40.2 Å². The first kappa shape index (κ1) is 12.6. The van der Waals surface area contributed by atoms with Crippen LogP contribution in [0.3, 0.4) is 0 Å². The molecule has 3 aromatic rings. The molecule has 21 heavy (non-hydrogen) atoms. The summed E-state index contributed by atoms with van der Waals surface area (Å²) in [5.74, 6) is 0.117. The molecule has 4 nitrogen and oxygen atoms in total. The van der Waals surface area contributed by atoms with Crippen molar-refractivity contribution in [3.05, 3.63) is 51.8 Å². The van der Waals surface area contributed by atoms with Crippen LogP contribution in [0.5, 0.6) is 0 Å². The van der Waals surface area contributed by atoms with E-state index < -0.39 is 0 Å². The molecular weight excluding hydrogens is 284 g/mol. The third-order valence-electron chi connectivity index (χ3n) is 3.93. The molecule has 0 radical (unpaired) electrons. The number of amides is 1. The maximum Gasteiger partial charge on any atom is 0.229 e. The number of carbonyl (C=O) groups is 1. The fourth-order valence-electron chi connectivity index (χ4n) is 2.78. The number of carbonyl (C=O) groups excluding carboxylic acids is 1. The molecule has 1 aromatic carbocycles. The molecule has 0 fully saturated rings. The molecule has 0 saturated heterocycles. The zero-order valence-corrected chi connectivity index (χ0v) is 12.2. The number of fused-ring (bicyclic) bond motifs is 2. The lowest BCUT2D eigenvalue weighted by Gasteiger charge is -2.26. The summed E-state index contributed by atoms with van der Waals surface area (Å²) in [7, 11) is 0. The van der Waals surface area contributed by atoms with E-state index in [2.05, 4.69) is 16.6 Å². The van der Waals surface area contributed by atoms with Crippen molar-refractivity contribution in [2.24, 2.45) is 0 Å². The van der Waals surface area contributed by atoms with E-state index in [1.165, 1.54) is 10.4 Å². The largest absolute Gasteiger partial charge is 0.356 e. The van der Waals surface area contributed by atoms with Crippen molar-refractivity contribution >= 4 is 28.2 Å². The van der Waals surface area contributed by atoms with E-state index in [-0.39, 0.29) is 5.91 Å². The summed E-state index contributed by atoms with van der Waals surface area (Å²) in [5, 5.41) is 7.07. The van der Waals surface area contributed by atoms with Gasteiger partial charge in [0.15, 0.2) is 5.58 Å². The lowest BCUT2D eigenvalue weighted by molar-refractivity contribution is -0.131. The normalized spacial score (nSPS) is 14.4. The van der Waals surface area contributed by atoms with E-state index in [0.29, 0.717) is 13.0 Å². The first-order valence-electron chi connectivity index (χ1n) is 6.97. The van der Waals surface area contributed by atoms with Crippen LogP contribution < -0.4 is 0 Å². The second kappa shape index (κ2) is 5.00. The Bertz CT molecular complexity index is 805. The summed E-state index contributed by atoms with van der Waals surface area (Å²) in [4.78, 5) is 15.8. The van der Waals surface area contributed by atoms with Crippen LogP contribution in [0.2, 0.25) is 0 Å². The van der Waals surface area contributed by atoms with Crippen LogP contribution in [0.25, 0.3) is 11.0 Å². The molecule has 4 rings (SSSR count). The Kier molecular flexibility index (Phi) is 3.00.